The fraction of sp³-hybridized carbons (Fsp3) is 0.833. The van der Waals surface area contributed by atoms with Gasteiger partial charge in [-0.1, -0.05) is 12.8 Å². The Labute approximate surface area is 107 Å². The van der Waals surface area contributed by atoms with Gasteiger partial charge in [0.25, 0.3) is 0 Å². The monoisotopic (exact) mass is 259 g/mol. The van der Waals surface area contributed by atoms with Gasteiger partial charge < -0.3 is 19.9 Å². The van der Waals surface area contributed by atoms with Gasteiger partial charge >= 0.3 is 5.97 Å². The predicted molar refractivity (Wildman–Crippen MR) is 63.9 cm³/mol. The van der Waals surface area contributed by atoms with E-state index in [2.05, 4.69) is 5.32 Å². The van der Waals surface area contributed by atoms with Crippen LogP contribution in [0.1, 0.15) is 25.7 Å². The number of ether oxygens (including phenoxy) is 2. The van der Waals surface area contributed by atoms with Crippen molar-refractivity contribution in [2.75, 3.05) is 20.8 Å². The van der Waals surface area contributed by atoms with E-state index in [1.165, 1.54) is 14.2 Å². The third kappa shape index (κ3) is 3.96. The summed E-state index contributed by atoms with van der Waals surface area (Å²) >= 11 is 0. The Kier molecular flexibility index (Phi) is 6.07. The van der Waals surface area contributed by atoms with Gasteiger partial charge in [0.15, 0.2) is 6.29 Å². The number of carboxylic acid groups (broad SMARTS) is 1. The van der Waals surface area contributed by atoms with Crippen molar-refractivity contribution in [2.24, 2.45) is 11.8 Å². The van der Waals surface area contributed by atoms with Crippen LogP contribution >= 0.6 is 0 Å². The lowest BCUT2D eigenvalue weighted by Gasteiger charge is -2.27. The van der Waals surface area contributed by atoms with E-state index >= 15 is 0 Å². The fourth-order valence-electron chi connectivity index (χ4n) is 2.32. The molecule has 1 fully saturated rings. The summed E-state index contributed by atoms with van der Waals surface area (Å²) in [7, 11) is 2.97. The molecule has 0 aromatic rings. The summed E-state index contributed by atoms with van der Waals surface area (Å²) in [5.41, 5.74) is 0. The lowest BCUT2D eigenvalue weighted by molar-refractivity contribution is -0.149. The van der Waals surface area contributed by atoms with Crippen molar-refractivity contribution in [1.29, 1.82) is 0 Å². The molecule has 0 saturated heterocycles. The first-order valence-corrected chi connectivity index (χ1v) is 6.16. The van der Waals surface area contributed by atoms with Gasteiger partial charge in [-0.2, -0.15) is 0 Å². The zero-order valence-electron chi connectivity index (χ0n) is 10.8. The van der Waals surface area contributed by atoms with Crippen LogP contribution < -0.4 is 5.32 Å². The maximum absolute atomic E-state index is 12.0. The molecule has 1 aliphatic carbocycles. The molecule has 2 atom stereocenters. The van der Waals surface area contributed by atoms with Crippen molar-refractivity contribution < 1.29 is 24.2 Å². The van der Waals surface area contributed by atoms with E-state index in [4.69, 9.17) is 14.6 Å². The Balaban J connectivity index is 2.50. The molecule has 0 bridgehead atoms. The summed E-state index contributed by atoms with van der Waals surface area (Å²) in [6, 6.07) is 0. The van der Waals surface area contributed by atoms with Gasteiger partial charge in [0.1, 0.15) is 0 Å². The Morgan fingerprint density at radius 3 is 2.28 bits per heavy atom. The van der Waals surface area contributed by atoms with Crippen LogP contribution in [0.3, 0.4) is 0 Å². The van der Waals surface area contributed by atoms with Gasteiger partial charge in [0.2, 0.25) is 5.91 Å². The maximum Gasteiger partial charge on any atom is 0.307 e. The van der Waals surface area contributed by atoms with Crippen LogP contribution in [0.5, 0.6) is 0 Å². The number of hydrogen-bond donors (Lipinski definition) is 2. The first-order valence-electron chi connectivity index (χ1n) is 6.16. The highest BCUT2D eigenvalue weighted by molar-refractivity contribution is 5.84. The number of methoxy groups -OCH3 is 2. The molecular formula is C12H21NO5. The molecule has 0 aliphatic heterocycles. The molecule has 0 aromatic heterocycles. The van der Waals surface area contributed by atoms with E-state index in [9.17, 15) is 9.59 Å². The lowest BCUT2D eigenvalue weighted by atomic mass is 9.79. The first-order chi connectivity index (χ1) is 8.60. The van der Waals surface area contributed by atoms with Gasteiger partial charge in [-0.3, -0.25) is 9.59 Å². The summed E-state index contributed by atoms with van der Waals surface area (Å²) in [6.45, 7) is 0.231. The maximum atomic E-state index is 12.0. The Morgan fingerprint density at radius 1 is 1.22 bits per heavy atom. The minimum Gasteiger partial charge on any atom is -0.481 e. The third-order valence-electron chi connectivity index (χ3n) is 3.39. The van der Waals surface area contributed by atoms with Crippen molar-refractivity contribution in [2.45, 2.75) is 32.0 Å². The zero-order valence-corrected chi connectivity index (χ0v) is 10.8. The molecule has 2 N–H and O–H groups in total. The van der Waals surface area contributed by atoms with Crippen LogP contribution in [0.25, 0.3) is 0 Å². The number of carbonyl (C=O) groups excluding carboxylic acids is 1. The minimum absolute atomic E-state index is 0.221. The van der Waals surface area contributed by atoms with Gasteiger partial charge in [-0.25, -0.2) is 0 Å². The van der Waals surface area contributed by atoms with Crippen LogP contribution in [0.4, 0.5) is 0 Å². The molecule has 0 heterocycles. The van der Waals surface area contributed by atoms with Gasteiger partial charge in [-0.15, -0.1) is 0 Å². The number of carbonyl (C=O) groups is 2. The average Bonchev–Trinajstić information content (AvgIpc) is 2.39. The van der Waals surface area contributed by atoms with Gasteiger partial charge in [0, 0.05) is 14.2 Å². The van der Waals surface area contributed by atoms with Crippen molar-refractivity contribution in [1.82, 2.24) is 5.32 Å². The lowest BCUT2D eigenvalue weighted by Crippen LogP contribution is -2.42. The van der Waals surface area contributed by atoms with Crippen LogP contribution in [-0.2, 0) is 19.1 Å². The van der Waals surface area contributed by atoms with Crippen LogP contribution in [0.15, 0.2) is 0 Å². The molecule has 1 rings (SSSR count). The van der Waals surface area contributed by atoms with Crippen molar-refractivity contribution in [3.63, 3.8) is 0 Å². The van der Waals surface area contributed by atoms with Gasteiger partial charge in [-0.05, 0) is 12.8 Å². The molecule has 1 aliphatic rings. The van der Waals surface area contributed by atoms with Crippen LogP contribution in [0.2, 0.25) is 0 Å². The Bertz CT molecular complexity index is 290. The molecule has 104 valence electrons. The van der Waals surface area contributed by atoms with E-state index in [1.54, 1.807) is 0 Å². The SMILES string of the molecule is COC(CNC(=O)[C@@H]1CCCC[C@H]1C(=O)O)OC. The highest BCUT2D eigenvalue weighted by Gasteiger charge is 2.35. The molecule has 6 heteroatoms. The summed E-state index contributed by atoms with van der Waals surface area (Å²) < 4.78 is 9.92. The molecular weight excluding hydrogens is 238 g/mol. The predicted octanol–water partition coefficient (Wildman–Crippen LogP) is 0.612. The number of carboxylic acids is 1. The standard InChI is InChI=1S/C12H21NO5/c1-17-10(18-2)7-13-11(14)8-5-3-4-6-9(8)12(15)16/h8-10H,3-7H2,1-2H3,(H,13,14)(H,15,16)/t8-,9-/m1/s1. The van der Waals surface area contributed by atoms with E-state index in [1.807, 2.05) is 0 Å². The number of hydrogen-bond acceptors (Lipinski definition) is 4. The second-order valence-corrected chi connectivity index (χ2v) is 4.48. The molecule has 6 nitrogen and oxygen atoms in total. The number of amides is 1. The quantitative estimate of drug-likeness (QED) is 0.683. The molecule has 0 radical (unpaired) electrons. The minimum atomic E-state index is -0.884. The topological polar surface area (TPSA) is 84.9 Å². The van der Waals surface area contributed by atoms with Crippen molar-refractivity contribution in [3.05, 3.63) is 0 Å². The van der Waals surface area contributed by atoms with Crippen LogP contribution in [0, 0.1) is 11.8 Å². The second kappa shape index (κ2) is 7.33. The molecule has 1 amide bonds. The summed E-state index contributed by atoms with van der Waals surface area (Å²) in [6.07, 6.45) is 2.49. The number of rotatable bonds is 6. The number of aliphatic carboxylic acids is 1. The molecule has 18 heavy (non-hydrogen) atoms. The van der Waals surface area contributed by atoms with E-state index in [0.29, 0.717) is 12.8 Å². The largest absolute Gasteiger partial charge is 0.481 e. The fourth-order valence-corrected chi connectivity index (χ4v) is 2.32. The highest BCUT2D eigenvalue weighted by atomic mass is 16.7. The first kappa shape index (κ1) is 14.9. The zero-order chi connectivity index (χ0) is 13.5. The van der Waals surface area contributed by atoms with E-state index < -0.39 is 24.1 Å². The smallest absolute Gasteiger partial charge is 0.307 e. The van der Waals surface area contributed by atoms with Crippen LogP contribution in [-0.4, -0.2) is 44.0 Å². The third-order valence-corrected chi connectivity index (χ3v) is 3.39. The van der Waals surface area contributed by atoms with Crippen molar-refractivity contribution in [3.8, 4) is 0 Å². The van der Waals surface area contributed by atoms with E-state index in [0.717, 1.165) is 12.8 Å². The Hall–Kier alpha value is -1.14. The second-order valence-electron chi connectivity index (χ2n) is 4.48. The highest BCUT2D eigenvalue weighted by Crippen LogP contribution is 2.30. The Morgan fingerprint density at radius 2 is 1.78 bits per heavy atom. The average molecular weight is 259 g/mol. The normalized spacial score (nSPS) is 23.9. The molecule has 0 aromatic carbocycles. The summed E-state index contributed by atoms with van der Waals surface area (Å²) in [4.78, 5) is 23.1. The summed E-state index contributed by atoms with van der Waals surface area (Å²) in [5.74, 6) is -2.11. The van der Waals surface area contributed by atoms with E-state index in [-0.39, 0.29) is 12.5 Å². The number of nitrogens with one attached hydrogen (secondary N) is 1. The molecule has 0 spiro atoms. The van der Waals surface area contributed by atoms with Crippen molar-refractivity contribution >= 4 is 11.9 Å². The molecule has 0 unspecified atom stereocenters. The summed E-state index contributed by atoms with van der Waals surface area (Å²) in [5, 5.41) is 11.8. The molecule has 1 saturated carbocycles. The van der Waals surface area contributed by atoms with Gasteiger partial charge in [0.05, 0.1) is 18.4 Å².